The molecule has 0 saturated carbocycles. The van der Waals surface area contributed by atoms with Crippen molar-refractivity contribution in [2.45, 2.75) is 20.8 Å². The molecule has 0 fully saturated rings. The predicted molar refractivity (Wildman–Crippen MR) is 63.4 cm³/mol. The topological polar surface area (TPSA) is 12.9 Å². The summed E-state index contributed by atoms with van der Waals surface area (Å²) in [6, 6.07) is 6.14. The lowest BCUT2D eigenvalue weighted by Gasteiger charge is -1.88. The van der Waals surface area contributed by atoms with Gasteiger partial charge < -0.3 is 0 Å². The molecule has 0 spiro atoms. The Hall–Kier alpha value is -0.410. The van der Waals surface area contributed by atoms with Crippen LogP contribution in [0.15, 0.2) is 22.7 Å². The zero-order chi connectivity index (χ0) is 9.84. The summed E-state index contributed by atoms with van der Waals surface area (Å²) < 4.78 is 2.33. The maximum absolute atomic E-state index is 4.38. The van der Waals surface area contributed by atoms with Crippen LogP contribution in [0.25, 0.3) is 10.2 Å². The second-order valence-corrected chi connectivity index (χ2v) is 4.41. The van der Waals surface area contributed by atoms with Gasteiger partial charge in [-0.15, -0.1) is 11.3 Å². The summed E-state index contributed by atoms with van der Waals surface area (Å²) >= 11 is 5.18. The monoisotopic (exact) mass is 257 g/mol. The van der Waals surface area contributed by atoms with Crippen LogP contribution in [0.5, 0.6) is 0 Å². The van der Waals surface area contributed by atoms with E-state index in [-0.39, 0.29) is 0 Å². The lowest BCUT2D eigenvalue weighted by molar-refractivity contribution is 1.34. The predicted octanol–water partition coefficient (Wildman–Crippen LogP) is 4.39. The summed E-state index contributed by atoms with van der Waals surface area (Å²) in [5.74, 6) is 0. The van der Waals surface area contributed by atoms with Crippen molar-refractivity contribution in [3.05, 3.63) is 27.7 Å². The third-order valence-electron chi connectivity index (χ3n) is 1.48. The van der Waals surface area contributed by atoms with Crippen LogP contribution in [0, 0.1) is 6.92 Å². The van der Waals surface area contributed by atoms with Gasteiger partial charge in [-0.25, -0.2) is 4.98 Å². The summed E-state index contributed by atoms with van der Waals surface area (Å²) in [4.78, 5) is 4.38. The van der Waals surface area contributed by atoms with Gasteiger partial charge in [-0.1, -0.05) is 19.9 Å². The molecule has 0 bridgehead atoms. The van der Waals surface area contributed by atoms with Crippen molar-refractivity contribution in [2.75, 3.05) is 0 Å². The van der Waals surface area contributed by atoms with Gasteiger partial charge in [0, 0.05) is 4.47 Å². The van der Waals surface area contributed by atoms with Crippen molar-refractivity contribution in [1.29, 1.82) is 0 Å². The molecule has 0 atom stereocenters. The third kappa shape index (κ3) is 2.29. The molecule has 0 amide bonds. The van der Waals surface area contributed by atoms with Crippen LogP contribution in [0.4, 0.5) is 0 Å². The number of benzene rings is 1. The molecule has 3 heteroatoms. The van der Waals surface area contributed by atoms with Crippen molar-refractivity contribution in [2.24, 2.45) is 0 Å². The van der Waals surface area contributed by atoms with Crippen LogP contribution in [0.3, 0.4) is 0 Å². The maximum Gasteiger partial charge on any atom is 0.0957 e. The molecule has 2 aromatic rings. The summed E-state index contributed by atoms with van der Waals surface area (Å²) in [5.41, 5.74) is 1.08. The Bertz CT molecular complexity index is 395. The number of aromatic nitrogens is 1. The fourth-order valence-electron chi connectivity index (χ4n) is 1.03. The average molecular weight is 258 g/mol. The smallest absolute Gasteiger partial charge is 0.0957 e. The Morgan fingerprint density at radius 3 is 2.62 bits per heavy atom. The number of fused-ring (bicyclic) bond motifs is 1. The molecule has 0 N–H and O–H groups in total. The number of hydrogen-bond acceptors (Lipinski definition) is 2. The van der Waals surface area contributed by atoms with Gasteiger partial charge in [0.2, 0.25) is 0 Å². The molecule has 0 aliphatic rings. The number of hydrogen-bond donors (Lipinski definition) is 0. The molecular weight excluding hydrogens is 246 g/mol. The van der Waals surface area contributed by atoms with Crippen LogP contribution < -0.4 is 0 Å². The Labute approximate surface area is 90.9 Å². The zero-order valence-electron chi connectivity index (χ0n) is 7.97. The molecule has 1 heterocycles. The first-order valence-corrected chi connectivity index (χ1v) is 5.90. The average Bonchev–Trinajstić information content (AvgIpc) is 2.51. The van der Waals surface area contributed by atoms with Gasteiger partial charge in [-0.05, 0) is 35.0 Å². The van der Waals surface area contributed by atoms with E-state index in [2.05, 4.69) is 27.0 Å². The lowest BCUT2D eigenvalue weighted by atomic mass is 10.3. The first-order valence-electron chi connectivity index (χ1n) is 4.29. The first-order chi connectivity index (χ1) is 6.27. The number of thiazole rings is 1. The molecule has 0 aliphatic carbocycles. The maximum atomic E-state index is 4.38. The van der Waals surface area contributed by atoms with E-state index in [4.69, 9.17) is 0 Å². The highest BCUT2D eigenvalue weighted by molar-refractivity contribution is 9.10. The van der Waals surface area contributed by atoms with E-state index in [1.165, 1.54) is 4.70 Å². The molecule has 1 aromatic carbocycles. The molecule has 0 aliphatic heterocycles. The number of para-hydroxylation sites is 1. The van der Waals surface area contributed by atoms with Crippen molar-refractivity contribution >= 4 is 37.5 Å². The van der Waals surface area contributed by atoms with Gasteiger partial charge in [0.25, 0.3) is 0 Å². The van der Waals surface area contributed by atoms with Crippen molar-refractivity contribution in [3.8, 4) is 0 Å². The summed E-state index contributed by atoms with van der Waals surface area (Å²) in [6.07, 6.45) is 0. The van der Waals surface area contributed by atoms with Gasteiger partial charge in [0.15, 0.2) is 0 Å². The fraction of sp³-hybridized carbons (Fsp3) is 0.300. The summed E-state index contributed by atoms with van der Waals surface area (Å²) in [7, 11) is 0. The number of halogens is 1. The third-order valence-corrected chi connectivity index (χ3v) is 3.05. The minimum Gasteiger partial charge on any atom is -0.240 e. The number of aryl methyl sites for hydroxylation is 1. The van der Waals surface area contributed by atoms with Gasteiger partial charge in [-0.3, -0.25) is 0 Å². The Morgan fingerprint density at radius 2 is 2.00 bits per heavy atom. The second-order valence-electron chi connectivity index (χ2n) is 2.32. The molecule has 70 valence electrons. The largest absolute Gasteiger partial charge is 0.240 e. The molecule has 13 heavy (non-hydrogen) atoms. The first kappa shape index (κ1) is 10.7. The fourth-order valence-corrected chi connectivity index (χ4v) is 2.47. The molecule has 2 rings (SSSR count). The number of nitrogens with zero attached hydrogens (tertiary/aromatic N) is 1. The lowest BCUT2D eigenvalue weighted by Crippen LogP contribution is -1.69. The van der Waals surface area contributed by atoms with Gasteiger partial charge in [-0.2, -0.15) is 0 Å². The Morgan fingerprint density at radius 1 is 1.31 bits per heavy atom. The van der Waals surface area contributed by atoms with Crippen molar-refractivity contribution in [3.63, 3.8) is 0 Å². The van der Waals surface area contributed by atoms with E-state index in [1.807, 2.05) is 32.9 Å². The highest BCUT2D eigenvalue weighted by atomic mass is 79.9. The molecular formula is C10H12BrNS. The standard InChI is InChI=1S/C8H6BrNS.C2H6/c1-5-10-8-6(9)3-2-4-7(8)11-5;1-2/h2-4H,1H3;1-2H3. The normalized spacial score (nSPS) is 9.54. The second kappa shape index (κ2) is 4.72. The molecule has 1 nitrogen and oxygen atoms in total. The molecule has 0 radical (unpaired) electrons. The highest BCUT2D eigenvalue weighted by Crippen LogP contribution is 2.27. The zero-order valence-corrected chi connectivity index (χ0v) is 10.4. The van der Waals surface area contributed by atoms with Crippen molar-refractivity contribution in [1.82, 2.24) is 4.98 Å². The highest BCUT2D eigenvalue weighted by Gasteiger charge is 2.01. The van der Waals surface area contributed by atoms with E-state index < -0.39 is 0 Å². The molecule has 1 aromatic heterocycles. The minimum atomic E-state index is 1.08. The van der Waals surface area contributed by atoms with Crippen LogP contribution in [-0.2, 0) is 0 Å². The SMILES string of the molecule is CC.Cc1nc2c(Br)cccc2s1. The quantitative estimate of drug-likeness (QED) is 0.682. The van der Waals surface area contributed by atoms with Gasteiger partial charge >= 0.3 is 0 Å². The Kier molecular flexibility index (Phi) is 3.88. The summed E-state index contributed by atoms with van der Waals surface area (Å²) in [5, 5.41) is 1.12. The minimum absolute atomic E-state index is 1.08. The van der Waals surface area contributed by atoms with Gasteiger partial charge in [0.05, 0.1) is 15.2 Å². The van der Waals surface area contributed by atoms with E-state index in [9.17, 15) is 0 Å². The molecule has 0 saturated heterocycles. The number of rotatable bonds is 0. The van der Waals surface area contributed by atoms with E-state index in [1.54, 1.807) is 11.3 Å². The molecule has 0 unspecified atom stereocenters. The van der Waals surface area contributed by atoms with Crippen LogP contribution in [0.1, 0.15) is 18.9 Å². The van der Waals surface area contributed by atoms with Crippen molar-refractivity contribution < 1.29 is 0 Å². The van der Waals surface area contributed by atoms with E-state index in [0.717, 1.165) is 15.0 Å². The van der Waals surface area contributed by atoms with E-state index in [0.29, 0.717) is 0 Å². The van der Waals surface area contributed by atoms with Crippen LogP contribution in [0.2, 0.25) is 0 Å². The van der Waals surface area contributed by atoms with Crippen LogP contribution >= 0.6 is 27.3 Å². The van der Waals surface area contributed by atoms with Crippen LogP contribution in [-0.4, -0.2) is 4.98 Å². The Balaban J connectivity index is 0.000000396. The van der Waals surface area contributed by atoms with E-state index >= 15 is 0 Å². The summed E-state index contributed by atoms with van der Waals surface area (Å²) in [6.45, 7) is 6.02. The van der Waals surface area contributed by atoms with Gasteiger partial charge in [0.1, 0.15) is 0 Å².